The Morgan fingerprint density at radius 1 is 1.35 bits per heavy atom. The molecule has 1 unspecified atom stereocenters. The van der Waals surface area contributed by atoms with Gasteiger partial charge in [0.25, 0.3) is 0 Å². The highest BCUT2D eigenvalue weighted by Gasteiger charge is 2.31. The van der Waals surface area contributed by atoms with Gasteiger partial charge < -0.3 is 10.0 Å². The van der Waals surface area contributed by atoms with E-state index in [2.05, 4.69) is 0 Å². The third-order valence-corrected chi connectivity index (χ3v) is 2.74. The van der Waals surface area contributed by atoms with Gasteiger partial charge in [-0.3, -0.25) is 4.79 Å². The Balaban J connectivity index is 2.82. The molecular weight excluding hydrogens is 278 g/mol. The van der Waals surface area contributed by atoms with Gasteiger partial charge in [0.2, 0.25) is 0 Å². The minimum absolute atomic E-state index is 0.0401. The van der Waals surface area contributed by atoms with Gasteiger partial charge in [0, 0.05) is 13.1 Å². The van der Waals surface area contributed by atoms with Crippen LogP contribution in [0.4, 0.5) is 17.6 Å². The molecule has 0 amide bonds. The summed E-state index contributed by atoms with van der Waals surface area (Å²) in [6, 6.07) is 2.31. The Labute approximate surface area is 113 Å². The molecule has 0 aliphatic heterocycles. The van der Waals surface area contributed by atoms with Crippen molar-refractivity contribution in [2.45, 2.75) is 19.6 Å². The quantitative estimate of drug-likeness (QED) is 0.848. The highest BCUT2D eigenvalue weighted by atomic mass is 19.4. The smallest absolute Gasteiger partial charge is 0.416 e. The number of benzene rings is 1. The van der Waals surface area contributed by atoms with Crippen molar-refractivity contribution in [3.8, 4) is 0 Å². The molecule has 0 radical (unpaired) electrons. The molecule has 0 saturated heterocycles. The molecule has 0 saturated carbocycles. The Morgan fingerprint density at radius 3 is 2.45 bits per heavy atom. The van der Waals surface area contributed by atoms with Gasteiger partial charge >= 0.3 is 12.1 Å². The van der Waals surface area contributed by atoms with Crippen LogP contribution in [0.25, 0.3) is 0 Å². The maximum atomic E-state index is 13.2. The van der Waals surface area contributed by atoms with Crippen LogP contribution in [-0.4, -0.2) is 29.6 Å². The van der Waals surface area contributed by atoms with E-state index in [1.165, 1.54) is 11.8 Å². The first-order valence-corrected chi connectivity index (χ1v) is 5.87. The Kier molecular flexibility index (Phi) is 5.10. The molecule has 0 spiro atoms. The number of hydrogen-bond donors (Lipinski definition) is 1. The number of aliphatic carboxylic acids is 1. The van der Waals surface area contributed by atoms with Gasteiger partial charge in [-0.25, -0.2) is 4.39 Å². The molecular formula is C13H15F4NO2. The maximum Gasteiger partial charge on any atom is 0.416 e. The van der Waals surface area contributed by atoms with E-state index in [4.69, 9.17) is 5.11 Å². The highest BCUT2D eigenvalue weighted by molar-refractivity contribution is 5.69. The molecule has 3 nitrogen and oxygen atoms in total. The van der Waals surface area contributed by atoms with E-state index in [-0.39, 0.29) is 18.7 Å². The van der Waals surface area contributed by atoms with Crippen LogP contribution in [0.5, 0.6) is 0 Å². The van der Waals surface area contributed by atoms with Gasteiger partial charge in [-0.1, -0.05) is 6.92 Å². The first-order chi connectivity index (χ1) is 9.09. The molecule has 20 heavy (non-hydrogen) atoms. The van der Waals surface area contributed by atoms with E-state index in [9.17, 15) is 22.4 Å². The molecule has 0 aromatic heterocycles. The molecule has 0 aliphatic carbocycles. The normalized spacial score (nSPS) is 13.6. The Morgan fingerprint density at radius 2 is 1.95 bits per heavy atom. The van der Waals surface area contributed by atoms with Gasteiger partial charge in [-0.2, -0.15) is 13.2 Å². The number of alkyl halides is 3. The number of carbonyl (C=O) groups is 1. The van der Waals surface area contributed by atoms with Crippen molar-refractivity contribution in [3.63, 3.8) is 0 Å². The minimum Gasteiger partial charge on any atom is -0.481 e. The summed E-state index contributed by atoms with van der Waals surface area (Å²) in [6.07, 6.45) is -4.61. The summed E-state index contributed by atoms with van der Waals surface area (Å²) in [7, 11) is 1.57. The second-order valence-electron chi connectivity index (χ2n) is 4.78. The largest absolute Gasteiger partial charge is 0.481 e. The fraction of sp³-hybridized carbons (Fsp3) is 0.462. The van der Waals surface area contributed by atoms with Crippen molar-refractivity contribution >= 4 is 5.97 Å². The van der Waals surface area contributed by atoms with Crippen LogP contribution in [0.2, 0.25) is 0 Å². The number of rotatable bonds is 5. The second-order valence-corrected chi connectivity index (χ2v) is 4.78. The zero-order chi connectivity index (χ0) is 15.5. The van der Waals surface area contributed by atoms with Crippen LogP contribution in [0.3, 0.4) is 0 Å². The van der Waals surface area contributed by atoms with Crippen LogP contribution >= 0.6 is 0 Å². The second kappa shape index (κ2) is 6.21. The fourth-order valence-electron chi connectivity index (χ4n) is 1.83. The number of nitrogens with zero attached hydrogens (tertiary/aromatic N) is 1. The van der Waals surface area contributed by atoms with Crippen LogP contribution in [0, 0.1) is 11.7 Å². The summed E-state index contributed by atoms with van der Waals surface area (Å²) < 4.78 is 50.8. The van der Waals surface area contributed by atoms with E-state index in [1.807, 2.05) is 0 Å². The van der Waals surface area contributed by atoms with Crippen LogP contribution in [0.15, 0.2) is 18.2 Å². The molecule has 1 aromatic rings. The predicted molar refractivity (Wildman–Crippen MR) is 64.5 cm³/mol. The van der Waals surface area contributed by atoms with Gasteiger partial charge in [-0.05, 0) is 30.8 Å². The Hall–Kier alpha value is -1.63. The molecule has 0 fully saturated rings. The van der Waals surface area contributed by atoms with E-state index in [0.717, 1.165) is 12.1 Å². The minimum atomic E-state index is -4.61. The van der Waals surface area contributed by atoms with E-state index in [1.54, 1.807) is 7.05 Å². The third kappa shape index (κ3) is 4.80. The zero-order valence-electron chi connectivity index (χ0n) is 11.0. The number of carboxylic acids is 1. The lowest BCUT2D eigenvalue weighted by molar-refractivity contribution is -0.141. The van der Waals surface area contributed by atoms with Crippen molar-refractivity contribution < 1.29 is 27.5 Å². The average Bonchev–Trinajstić information content (AvgIpc) is 2.26. The lowest BCUT2D eigenvalue weighted by Crippen LogP contribution is -2.28. The van der Waals surface area contributed by atoms with Crippen LogP contribution in [0.1, 0.15) is 18.1 Å². The van der Waals surface area contributed by atoms with E-state index in [0.29, 0.717) is 6.07 Å². The zero-order valence-corrected chi connectivity index (χ0v) is 11.0. The molecule has 0 heterocycles. The summed E-state index contributed by atoms with van der Waals surface area (Å²) in [5.74, 6) is -2.61. The first kappa shape index (κ1) is 16.4. The van der Waals surface area contributed by atoms with Crippen molar-refractivity contribution in [3.05, 3.63) is 35.1 Å². The standard InChI is InChI=1S/C13H15F4NO2/c1-8(12(19)20)6-18(2)7-9-3-10(13(15,16)17)5-11(14)4-9/h3-5,8H,6-7H2,1-2H3,(H,19,20). The lowest BCUT2D eigenvalue weighted by Gasteiger charge is -2.19. The van der Waals surface area contributed by atoms with Gasteiger partial charge in [0.1, 0.15) is 5.82 Å². The predicted octanol–water partition coefficient (Wildman–Crippen LogP) is 3.00. The molecule has 0 aliphatic rings. The molecule has 1 aromatic carbocycles. The topological polar surface area (TPSA) is 40.5 Å². The number of carboxylic acid groups (broad SMARTS) is 1. The summed E-state index contributed by atoms with van der Waals surface area (Å²) in [5, 5.41) is 8.76. The monoisotopic (exact) mass is 293 g/mol. The van der Waals surface area contributed by atoms with Gasteiger partial charge in [0.15, 0.2) is 0 Å². The number of hydrogen-bond acceptors (Lipinski definition) is 2. The summed E-state index contributed by atoms with van der Waals surface area (Å²) >= 11 is 0. The van der Waals surface area contributed by atoms with Gasteiger partial charge in [0.05, 0.1) is 11.5 Å². The van der Waals surface area contributed by atoms with Crippen molar-refractivity contribution in [2.24, 2.45) is 5.92 Å². The molecule has 1 rings (SSSR count). The lowest BCUT2D eigenvalue weighted by atomic mass is 10.1. The summed E-state index contributed by atoms with van der Waals surface area (Å²) in [4.78, 5) is 12.2. The average molecular weight is 293 g/mol. The van der Waals surface area contributed by atoms with Crippen molar-refractivity contribution in [2.75, 3.05) is 13.6 Å². The van der Waals surface area contributed by atoms with Crippen LogP contribution < -0.4 is 0 Å². The van der Waals surface area contributed by atoms with E-state index >= 15 is 0 Å². The summed E-state index contributed by atoms with van der Waals surface area (Å²) in [6.45, 7) is 1.69. The van der Waals surface area contributed by atoms with Crippen molar-refractivity contribution in [1.29, 1.82) is 0 Å². The first-order valence-electron chi connectivity index (χ1n) is 5.87. The SMILES string of the molecule is CC(CN(C)Cc1cc(F)cc(C(F)(F)F)c1)C(=O)O. The van der Waals surface area contributed by atoms with Gasteiger partial charge in [-0.15, -0.1) is 0 Å². The van der Waals surface area contributed by atoms with Crippen LogP contribution in [-0.2, 0) is 17.5 Å². The third-order valence-electron chi connectivity index (χ3n) is 2.74. The molecule has 7 heteroatoms. The molecule has 1 atom stereocenters. The maximum absolute atomic E-state index is 13.2. The van der Waals surface area contributed by atoms with E-state index < -0.39 is 29.4 Å². The molecule has 1 N–H and O–H groups in total. The highest BCUT2D eigenvalue weighted by Crippen LogP contribution is 2.30. The fourth-order valence-corrected chi connectivity index (χ4v) is 1.83. The summed E-state index contributed by atoms with van der Waals surface area (Å²) in [5.41, 5.74) is -0.899. The van der Waals surface area contributed by atoms with Crippen molar-refractivity contribution in [1.82, 2.24) is 4.90 Å². The Bertz CT molecular complexity index is 488. The molecule has 112 valence electrons. The number of halogens is 4. The molecule has 0 bridgehead atoms.